The zero-order chi connectivity index (χ0) is 18.4. The largest absolute Gasteiger partial charge is 0.0876 e. The lowest BCUT2D eigenvalue weighted by molar-refractivity contribution is 1.11. The highest BCUT2D eigenvalue weighted by molar-refractivity contribution is 9.09. The van der Waals surface area contributed by atoms with Gasteiger partial charge in [-0.3, -0.25) is 0 Å². The predicted molar refractivity (Wildman–Crippen MR) is 119 cm³/mol. The van der Waals surface area contributed by atoms with Crippen molar-refractivity contribution in [1.29, 1.82) is 0 Å². The fraction of sp³-hybridized carbons (Fsp3) is 0.429. The number of aryl methyl sites for hydroxylation is 3. The van der Waals surface area contributed by atoms with Gasteiger partial charge in [-0.25, -0.2) is 0 Å². The maximum absolute atomic E-state index is 3.58. The Morgan fingerprint density at radius 1 is 0.500 bits per heavy atom. The van der Waals surface area contributed by atoms with Crippen molar-refractivity contribution in [2.75, 3.05) is 0 Å². The van der Waals surface area contributed by atoms with Gasteiger partial charge >= 0.3 is 0 Å². The number of hydrogen-bond acceptors (Lipinski definition) is 0. The fourth-order valence-corrected chi connectivity index (χ4v) is 5.72. The standard InChI is InChI=1S/C12H15Br3.C9H12/c1-7-10(4-13)8(2)12(6-15)9(3)11(7)5-14;1-7-4-8(2)6-9(3)5-7/h4-6H2,1-3H3;4-6H,1-3H3. The van der Waals surface area contributed by atoms with E-state index in [9.17, 15) is 0 Å². The Balaban J connectivity index is 0.000000272. The van der Waals surface area contributed by atoms with Gasteiger partial charge in [-0.05, 0) is 74.9 Å². The first-order valence-electron chi connectivity index (χ1n) is 8.09. The molecule has 0 radical (unpaired) electrons. The molecule has 0 unspecified atom stereocenters. The van der Waals surface area contributed by atoms with Crippen LogP contribution in [0.2, 0.25) is 0 Å². The molecule has 0 spiro atoms. The van der Waals surface area contributed by atoms with E-state index in [0.717, 1.165) is 16.0 Å². The van der Waals surface area contributed by atoms with Gasteiger partial charge in [0, 0.05) is 16.0 Å². The van der Waals surface area contributed by atoms with E-state index in [1.807, 2.05) is 0 Å². The zero-order valence-corrected chi connectivity index (χ0v) is 20.2. The number of alkyl halides is 3. The van der Waals surface area contributed by atoms with Crippen LogP contribution in [0.5, 0.6) is 0 Å². The second-order valence-corrected chi connectivity index (χ2v) is 8.06. The highest BCUT2D eigenvalue weighted by atomic mass is 79.9. The summed E-state index contributed by atoms with van der Waals surface area (Å²) in [7, 11) is 0. The molecule has 2 aromatic carbocycles. The molecule has 2 rings (SSSR count). The molecule has 0 fully saturated rings. The van der Waals surface area contributed by atoms with Gasteiger partial charge in [0.25, 0.3) is 0 Å². The molecule has 0 bridgehead atoms. The van der Waals surface area contributed by atoms with E-state index in [-0.39, 0.29) is 0 Å². The van der Waals surface area contributed by atoms with E-state index in [2.05, 4.69) is 108 Å². The number of rotatable bonds is 3. The van der Waals surface area contributed by atoms with E-state index >= 15 is 0 Å². The van der Waals surface area contributed by atoms with Gasteiger partial charge in [-0.2, -0.15) is 0 Å². The lowest BCUT2D eigenvalue weighted by Gasteiger charge is -2.19. The molecular formula is C21H27Br3. The lowest BCUT2D eigenvalue weighted by Crippen LogP contribution is -2.04. The van der Waals surface area contributed by atoms with Crippen LogP contribution < -0.4 is 0 Å². The number of benzene rings is 2. The maximum Gasteiger partial charge on any atom is 0.0288 e. The van der Waals surface area contributed by atoms with Crippen molar-refractivity contribution < 1.29 is 0 Å². The second kappa shape index (κ2) is 10.1. The van der Waals surface area contributed by atoms with Gasteiger partial charge < -0.3 is 0 Å². The molecule has 0 atom stereocenters. The molecule has 2 aromatic rings. The average Bonchev–Trinajstić information content (AvgIpc) is 2.47. The quantitative estimate of drug-likeness (QED) is 0.362. The Hall–Kier alpha value is -0.120. The fourth-order valence-electron chi connectivity index (χ4n) is 3.19. The highest BCUT2D eigenvalue weighted by Gasteiger charge is 2.14. The summed E-state index contributed by atoms with van der Waals surface area (Å²) in [5, 5.41) is 2.81. The summed E-state index contributed by atoms with van der Waals surface area (Å²) in [6, 6.07) is 6.56. The Bertz CT molecular complexity index is 574. The topological polar surface area (TPSA) is 0 Å². The van der Waals surface area contributed by atoms with Gasteiger partial charge in [0.15, 0.2) is 0 Å². The molecule has 0 amide bonds. The zero-order valence-electron chi connectivity index (χ0n) is 15.5. The smallest absolute Gasteiger partial charge is 0.0288 e. The molecule has 0 aliphatic carbocycles. The van der Waals surface area contributed by atoms with Crippen molar-refractivity contribution >= 4 is 47.8 Å². The van der Waals surface area contributed by atoms with Gasteiger partial charge in [0.1, 0.15) is 0 Å². The second-order valence-electron chi connectivity index (χ2n) is 6.38. The van der Waals surface area contributed by atoms with Crippen LogP contribution in [-0.2, 0) is 16.0 Å². The Morgan fingerprint density at radius 3 is 0.875 bits per heavy atom. The molecule has 3 heteroatoms. The first kappa shape index (κ1) is 21.9. The van der Waals surface area contributed by atoms with E-state index in [1.165, 1.54) is 50.1 Å². The van der Waals surface area contributed by atoms with E-state index in [0.29, 0.717) is 0 Å². The van der Waals surface area contributed by atoms with Gasteiger partial charge in [0.2, 0.25) is 0 Å². The molecule has 0 aliphatic heterocycles. The van der Waals surface area contributed by atoms with E-state index in [4.69, 9.17) is 0 Å². The van der Waals surface area contributed by atoms with Gasteiger partial charge in [-0.15, -0.1) is 0 Å². The maximum atomic E-state index is 3.58. The summed E-state index contributed by atoms with van der Waals surface area (Å²) < 4.78 is 0. The van der Waals surface area contributed by atoms with Crippen LogP contribution in [0.3, 0.4) is 0 Å². The van der Waals surface area contributed by atoms with Crippen LogP contribution in [0.15, 0.2) is 18.2 Å². The third-order valence-corrected chi connectivity index (χ3v) is 6.17. The van der Waals surface area contributed by atoms with Crippen LogP contribution in [0.4, 0.5) is 0 Å². The summed E-state index contributed by atoms with van der Waals surface area (Å²) in [6.07, 6.45) is 0. The molecule has 24 heavy (non-hydrogen) atoms. The minimum absolute atomic E-state index is 0.935. The Labute approximate surface area is 172 Å². The summed E-state index contributed by atoms with van der Waals surface area (Å²) in [5.74, 6) is 0. The first-order chi connectivity index (χ1) is 11.3. The molecule has 0 N–H and O–H groups in total. The molecule has 0 saturated carbocycles. The molecular weight excluding hydrogens is 492 g/mol. The normalized spacial score (nSPS) is 10.4. The molecule has 0 nitrogen and oxygen atoms in total. The highest BCUT2D eigenvalue weighted by Crippen LogP contribution is 2.31. The number of halogens is 3. The monoisotopic (exact) mass is 516 g/mol. The predicted octanol–water partition coefficient (Wildman–Crippen LogP) is 7.91. The van der Waals surface area contributed by atoms with Crippen LogP contribution >= 0.6 is 47.8 Å². The minimum Gasteiger partial charge on any atom is -0.0876 e. The molecule has 0 heterocycles. The summed E-state index contributed by atoms with van der Waals surface area (Å²) >= 11 is 10.7. The van der Waals surface area contributed by atoms with E-state index in [1.54, 1.807) is 0 Å². The Morgan fingerprint density at radius 2 is 0.708 bits per heavy atom. The molecule has 132 valence electrons. The summed E-state index contributed by atoms with van der Waals surface area (Å²) in [6.45, 7) is 13.0. The molecule has 0 saturated heterocycles. The first-order valence-corrected chi connectivity index (χ1v) is 11.5. The molecule has 0 aromatic heterocycles. The van der Waals surface area contributed by atoms with Gasteiger partial charge in [-0.1, -0.05) is 82.7 Å². The number of hydrogen-bond donors (Lipinski definition) is 0. The van der Waals surface area contributed by atoms with Crippen LogP contribution in [0.1, 0.15) is 50.1 Å². The lowest BCUT2D eigenvalue weighted by atomic mass is 9.90. The van der Waals surface area contributed by atoms with Crippen LogP contribution in [0.25, 0.3) is 0 Å². The minimum atomic E-state index is 0.935. The van der Waals surface area contributed by atoms with Crippen molar-refractivity contribution in [2.45, 2.75) is 57.5 Å². The molecule has 0 aliphatic rings. The third-order valence-electron chi connectivity index (χ3n) is 4.48. The van der Waals surface area contributed by atoms with Crippen molar-refractivity contribution in [1.82, 2.24) is 0 Å². The SMILES string of the molecule is Cc1c(CBr)c(C)c(CBr)c(C)c1CBr.Cc1cc(C)cc(C)c1. The summed E-state index contributed by atoms with van der Waals surface area (Å²) in [4.78, 5) is 0. The van der Waals surface area contributed by atoms with Crippen LogP contribution in [-0.4, -0.2) is 0 Å². The third kappa shape index (κ3) is 5.44. The van der Waals surface area contributed by atoms with Crippen molar-refractivity contribution in [3.05, 3.63) is 68.3 Å². The van der Waals surface area contributed by atoms with Crippen molar-refractivity contribution in [2.24, 2.45) is 0 Å². The van der Waals surface area contributed by atoms with Crippen molar-refractivity contribution in [3.63, 3.8) is 0 Å². The average molecular weight is 519 g/mol. The summed E-state index contributed by atoms with van der Waals surface area (Å²) in [5.41, 5.74) is 12.6. The van der Waals surface area contributed by atoms with E-state index < -0.39 is 0 Å². The van der Waals surface area contributed by atoms with Gasteiger partial charge in [0.05, 0.1) is 0 Å². The van der Waals surface area contributed by atoms with Crippen molar-refractivity contribution in [3.8, 4) is 0 Å². The van der Waals surface area contributed by atoms with Crippen LogP contribution in [0, 0.1) is 41.5 Å². The Kier molecular flexibility index (Phi) is 9.25.